The van der Waals surface area contributed by atoms with Crippen LogP contribution in [0, 0.1) is 6.92 Å². The quantitative estimate of drug-likeness (QED) is 0.763. The largest absolute Gasteiger partial charge is 0.360 e. The van der Waals surface area contributed by atoms with Gasteiger partial charge in [0.25, 0.3) is 0 Å². The summed E-state index contributed by atoms with van der Waals surface area (Å²) in [7, 11) is 0. The molecular formula is C18H21N5O2. The molecule has 1 atom stereocenters. The molecule has 0 spiro atoms. The molecule has 3 aromatic rings. The zero-order valence-electron chi connectivity index (χ0n) is 14.2. The van der Waals surface area contributed by atoms with Gasteiger partial charge in [0.1, 0.15) is 11.6 Å². The number of nitrogens with one attached hydrogen (secondary N) is 2. The van der Waals surface area contributed by atoms with Crippen molar-refractivity contribution < 1.29 is 9.32 Å². The minimum Gasteiger partial charge on any atom is -0.360 e. The van der Waals surface area contributed by atoms with Crippen molar-refractivity contribution in [2.75, 3.05) is 25.0 Å². The SMILES string of the molecule is Cc1cc(NC(=O)CN2CCCC(c3nc4ccccc4[nH]3)C2)no1. The number of amides is 1. The lowest BCUT2D eigenvalue weighted by atomic mass is 9.97. The highest BCUT2D eigenvalue weighted by Crippen LogP contribution is 2.26. The number of imidazole rings is 1. The predicted octanol–water partition coefficient (Wildman–Crippen LogP) is 2.68. The minimum absolute atomic E-state index is 0.0708. The van der Waals surface area contributed by atoms with Crippen LogP contribution in [-0.4, -0.2) is 45.6 Å². The molecule has 7 heteroatoms. The number of nitrogens with zero attached hydrogens (tertiary/aromatic N) is 3. The average molecular weight is 339 g/mol. The molecule has 3 heterocycles. The molecule has 0 aliphatic carbocycles. The van der Waals surface area contributed by atoms with Gasteiger partial charge in [-0.05, 0) is 38.4 Å². The highest BCUT2D eigenvalue weighted by atomic mass is 16.5. The van der Waals surface area contributed by atoms with Gasteiger partial charge in [0, 0.05) is 18.5 Å². The van der Waals surface area contributed by atoms with E-state index in [9.17, 15) is 4.79 Å². The Kier molecular flexibility index (Phi) is 4.23. The van der Waals surface area contributed by atoms with Crippen LogP contribution in [0.1, 0.15) is 30.3 Å². The van der Waals surface area contributed by atoms with Gasteiger partial charge in [-0.2, -0.15) is 0 Å². The van der Waals surface area contributed by atoms with Crippen molar-refractivity contribution in [2.45, 2.75) is 25.7 Å². The number of benzene rings is 1. The van der Waals surface area contributed by atoms with Gasteiger partial charge >= 0.3 is 0 Å². The molecule has 1 unspecified atom stereocenters. The molecule has 130 valence electrons. The third kappa shape index (κ3) is 3.56. The van der Waals surface area contributed by atoms with Crippen molar-refractivity contribution in [3.8, 4) is 0 Å². The van der Waals surface area contributed by atoms with Crippen molar-refractivity contribution in [3.05, 3.63) is 41.9 Å². The maximum atomic E-state index is 12.2. The molecule has 7 nitrogen and oxygen atoms in total. The summed E-state index contributed by atoms with van der Waals surface area (Å²) in [5, 5.41) is 6.57. The summed E-state index contributed by atoms with van der Waals surface area (Å²) >= 11 is 0. The zero-order valence-corrected chi connectivity index (χ0v) is 14.2. The van der Waals surface area contributed by atoms with Gasteiger partial charge < -0.3 is 14.8 Å². The molecule has 2 N–H and O–H groups in total. The summed E-state index contributed by atoms with van der Waals surface area (Å²) in [4.78, 5) is 22.5. The van der Waals surface area contributed by atoms with E-state index in [2.05, 4.69) is 20.4 Å². The zero-order chi connectivity index (χ0) is 17.2. The molecule has 0 saturated carbocycles. The van der Waals surface area contributed by atoms with Gasteiger partial charge in [-0.1, -0.05) is 17.3 Å². The molecule has 0 radical (unpaired) electrons. The molecule has 1 aliphatic heterocycles. The number of carbonyl (C=O) groups excluding carboxylic acids is 1. The number of fused-ring (bicyclic) bond motifs is 1. The fraction of sp³-hybridized carbons (Fsp3) is 0.389. The van der Waals surface area contributed by atoms with Crippen LogP contribution in [0.15, 0.2) is 34.9 Å². The number of aromatic nitrogens is 3. The van der Waals surface area contributed by atoms with E-state index in [1.165, 1.54) is 0 Å². The van der Waals surface area contributed by atoms with Gasteiger partial charge in [-0.15, -0.1) is 0 Å². The number of piperidine rings is 1. The van der Waals surface area contributed by atoms with Crippen molar-refractivity contribution in [2.24, 2.45) is 0 Å². The van der Waals surface area contributed by atoms with Gasteiger partial charge in [-0.25, -0.2) is 4.98 Å². The number of H-pyrrole nitrogens is 1. The number of likely N-dealkylation sites (tertiary alicyclic amines) is 1. The number of aryl methyl sites for hydroxylation is 1. The summed E-state index contributed by atoms with van der Waals surface area (Å²) < 4.78 is 4.97. The van der Waals surface area contributed by atoms with E-state index in [1.807, 2.05) is 24.3 Å². The van der Waals surface area contributed by atoms with E-state index in [0.717, 1.165) is 42.8 Å². The fourth-order valence-corrected chi connectivity index (χ4v) is 3.40. The third-order valence-corrected chi connectivity index (χ3v) is 4.56. The summed E-state index contributed by atoms with van der Waals surface area (Å²) in [6.07, 6.45) is 2.14. The van der Waals surface area contributed by atoms with Crippen LogP contribution in [-0.2, 0) is 4.79 Å². The predicted molar refractivity (Wildman–Crippen MR) is 94.4 cm³/mol. The number of anilines is 1. The first-order chi connectivity index (χ1) is 12.2. The monoisotopic (exact) mass is 339 g/mol. The first kappa shape index (κ1) is 15.8. The molecule has 1 amide bonds. The highest BCUT2D eigenvalue weighted by molar-refractivity contribution is 5.91. The van der Waals surface area contributed by atoms with Crippen LogP contribution in [0.25, 0.3) is 11.0 Å². The second kappa shape index (κ2) is 6.68. The first-order valence-corrected chi connectivity index (χ1v) is 8.57. The van der Waals surface area contributed by atoms with Crippen LogP contribution < -0.4 is 5.32 Å². The Labute approximate surface area is 145 Å². The summed E-state index contributed by atoms with van der Waals surface area (Å²) in [6, 6.07) is 9.78. The topological polar surface area (TPSA) is 87.0 Å². The Bertz CT molecular complexity index is 851. The van der Waals surface area contributed by atoms with E-state index in [1.54, 1.807) is 13.0 Å². The maximum Gasteiger partial charge on any atom is 0.239 e. The van der Waals surface area contributed by atoms with Gasteiger partial charge in [0.2, 0.25) is 5.91 Å². The van der Waals surface area contributed by atoms with Crippen molar-refractivity contribution in [1.82, 2.24) is 20.0 Å². The first-order valence-electron chi connectivity index (χ1n) is 8.57. The summed E-state index contributed by atoms with van der Waals surface area (Å²) in [5.74, 6) is 2.41. The van der Waals surface area contributed by atoms with E-state index >= 15 is 0 Å². The lowest BCUT2D eigenvalue weighted by Crippen LogP contribution is -2.40. The Morgan fingerprint density at radius 2 is 2.32 bits per heavy atom. The van der Waals surface area contributed by atoms with Crippen LogP contribution in [0.3, 0.4) is 0 Å². The Balaban J connectivity index is 1.39. The molecule has 2 aromatic heterocycles. The normalized spacial score (nSPS) is 18.5. The fourth-order valence-electron chi connectivity index (χ4n) is 3.40. The maximum absolute atomic E-state index is 12.2. The number of rotatable bonds is 4. The molecule has 0 bridgehead atoms. The number of para-hydroxylation sites is 2. The second-order valence-electron chi connectivity index (χ2n) is 6.58. The third-order valence-electron chi connectivity index (χ3n) is 4.56. The van der Waals surface area contributed by atoms with Crippen LogP contribution in [0.5, 0.6) is 0 Å². The molecule has 1 aliphatic rings. The van der Waals surface area contributed by atoms with Gasteiger partial charge in [-0.3, -0.25) is 9.69 Å². The number of aromatic amines is 1. The van der Waals surface area contributed by atoms with Crippen LogP contribution in [0.4, 0.5) is 5.82 Å². The van der Waals surface area contributed by atoms with Gasteiger partial charge in [0.05, 0.1) is 17.6 Å². The van der Waals surface area contributed by atoms with Crippen molar-refractivity contribution in [3.63, 3.8) is 0 Å². The average Bonchev–Trinajstić information content (AvgIpc) is 3.21. The van der Waals surface area contributed by atoms with Crippen molar-refractivity contribution in [1.29, 1.82) is 0 Å². The second-order valence-corrected chi connectivity index (χ2v) is 6.58. The van der Waals surface area contributed by atoms with E-state index < -0.39 is 0 Å². The van der Waals surface area contributed by atoms with E-state index in [0.29, 0.717) is 24.0 Å². The Morgan fingerprint density at radius 1 is 1.44 bits per heavy atom. The van der Waals surface area contributed by atoms with E-state index in [-0.39, 0.29) is 5.91 Å². The molecule has 4 rings (SSSR count). The van der Waals surface area contributed by atoms with E-state index in [4.69, 9.17) is 9.51 Å². The van der Waals surface area contributed by atoms with Crippen LogP contribution in [0.2, 0.25) is 0 Å². The smallest absolute Gasteiger partial charge is 0.239 e. The standard InChI is InChI=1S/C18H21N5O2/c1-12-9-16(22-25-12)21-17(24)11-23-8-4-5-13(10-23)18-19-14-6-2-3-7-15(14)20-18/h2-3,6-7,9,13H,4-5,8,10-11H2,1H3,(H,19,20)(H,21,22,24). The Hall–Kier alpha value is -2.67. The lowest BCUT2D eigenvalue weighted by molar-refractivity contribution is -0.117. The Morgan fingerprint density at radius 3 is 3.12 bits per heavy atom. The lowest BCUT2D eigenvalue weighted by Gasteiger charge is -2.31. The summed E-state index contributed by atoms with van der Waals surface area (Å²) in [5.41, 5.74) is 2.06. The highest BCUT2D eigenvalue weighted by Gasteiger charge is 2.25. The molecule has 1 fully saturated rings. The number of hydrogen-bond donors (Lipinski definition) is 2. The number of hydrogen-bond acceptors (Lipinski definition) is 5. The molecular weight excluding hydrogens is 318 g/mol. The van der Waals surface area contributed by atoms with Gasteiger partial charge in [0.15, 0.2) is 5.82 Å². The minimum atomic E-state index is -0.0708. The molecule has 1 aromatic carbocycles. The summed E-state index contributed by atoms with van der Waals surface area (Å²) in [6.45, 7) is 3.89. The molecule has 1 saturated heterocycles. The van der Waals surface area contributed by atoms with Crippen LogP contribution >= 0.6 is 0 Å². The molecule has 25 heavy (non-hydrogen) atoms. The van der Waals surface area contributed by atoms with Crippen molar-refractivity contribution >= 4 is 22.8 Å². The number of carbonyl (C=O) groups is 1.